The van der Waals surface area contributed by atoms with Crippen LogP contribution < -0.4 is 5.32 Å². The molecule has 2 rings (SSSR count). The molecule has 1 heterocycles. The van der Waals surface area contributed by atoms with Crippen molar-refractivity contribution >= 4 is 11.6 Å². The number of rotatable bonds is 3. The fourth-order valence-electron chi connectivity index (χ4n) is 2.49. The third-order valence-corrected chi connectivity index (χ3v) is 4.04. The lowest BCUT2D eigenvalue weighted by atomic mass is 10.0. The van der Waals surface area contributed by atoms with Crippen LogP contribution in [0.25, 0.3) is 0 Å². The van der Waals surface area contributed by atoms with E-state index in [4.69, 9.17) is 11.6 Å². The zero-order valence-electron chi connectivity index (χ0n) is 10.5. The van der Waals surface area contributed by atoms with Crippen molar-refractivity contribution in [2.75, 3.05) is 0 Å². The van der Waals surface area contributed by atoms with Gasteiger partial charge in [-0.05, 0) is 36.8 Å². The first kappa shape index (κ1) is 12.8. The largest absolute Gasteiger partial charge is 0.310 e. The minimum Gasteiger partial charge on any atom is -0.310 e. The maximum atomic E-state index is 6.09. The molecule has 1 aromatic heterocycles. The second-order valence-electron chi connectivity index (χ2n) is 5.16. The summed E-state index contributed by atoms with van der Waals surface area (Å²) >= 11 is 6.09. The molecule has 0 aromatic carbocycles. The predicted molar refractivity (Wildman–Crippen MR) is 72.1 cm³/mol. The molecular weight excluding hydrogens is 232 g/mol. The molecule has 0 aliphatic heterocycles. The van der Waals surface area contributed by atoms with Gasteiger partial charge in [0.05, 0.1) is 5.02 Å². The van der Waals surface area contributed by atoms with Gasteiger partial charge < -0.3 is 5.32 Å². The summed E-state index contributed by atoms with van der Waals surface area (Å²) in [5.74, 6) is 0.895. The predicted octanol–water partition coefficient (Wildman–Crippen LogP) is 3.79. The van der Waals surface area contributed by atoms with E-state index in [9.17, 15) is 0 Å². The average Bonchev–Trinajstić information content (AvgIpc) is 2.53. The number of nitrogens with one attached hydrogen (secondary N) is 1. The molecule has 3 heteroatoms. The normalized spacial score (nSPS) is 25.5. The van der Waals surface area contributed by atoms with Gasteiger partial charge >= 0.3 is 0 Å². The Hall–Kier alpha value is -0.600. The van der Waals surface area contributed by atoms with Crippen molar-refractivity contribution in [3.05, 3.63) is 29.0 Å². The molecule has 0 bridgehead atoms. The third-order valence-electron chi connectivity index (χ3n) is 3.70. The van der Waals surface area contributed by atoms with Gasteiger partial charge in [-0.25, -0.2) is 0 Å². The van der Waals surface area contributed by atoms with Crippen LogP contribution in [0.15, 0.2) is 18.5 Å². The number of pyridine rings is 1. The van der Waals surface area contributed by atoms with E-state index in [1.165, 1.54) is 32.1 Å². The van der Waals surface area contributed by atoms with E-state index in [2.05, 4.69) is 17.2 Å². The molecule has 0 amide bonds. The quantitative estimate of drug-likeness (QED) is 0.828. The van der Waals surface area contributed by atoms with Gasteiger partial charge in [-0.3, -0.25) is 4.98 Å². The summed E-state index contributed by atoms with van der Waals surface area (Å²) in [5.41, 5.74) is 1.15. The lowest BCUT2D eigenvalue weighted by Crippen LogP contribution is -2.28. The lowest BCUT2D eigenvalue weighted by molar-refractivity contribution is 0.447. The van der Waals surface area contributed by atoms with Crippen LogP contribution in [0.1, 0.15) is 44.6 Å². The Kier molecular flexibility index (Phi) is 4.81. The zero-order valence-corrected chi connectivity index (χ0v) is 11.2. The highest BCUT2D eigenvalue weighted by Gasteiger charge is 2.15. The zero-order chi connectivity index (χ0) is 12.1. The van der Waals surface area contributed by atoms with Crippen molar-refractivity contribution in [3.8, 4) is 0 Å². The van der Waals surface area contributed by atoms with Gasteiger partial charge in [0.2, 0.25) is 0 Å². The highest BCUT2D eigenvalue weighted by molar-refractivity contribution is 6.31. The summed E-state index contributed by atoms with van der Waals surface area (Å²) in [7, 11) is 0. The summed E-state index contributed by atoms with van der Waals surface area (Å²) in [6, 6.07) is 2.65. The van der Waals surface area contributed by atoms with Crippen molar-refractivity contribution in [3.63, 3.8) is 0 Å². The molecule has 1 aromatic rings. The van der Waals surface area contributed by atoms with E-state index in [0.717, 1.165) is 23.0 Å². The Morgan fingerprint density at radius 3 is 3.06 bits per heavy atom. The van der Waals surface area contributed by atoms with E-state index in [0.29, 0.717) is 6.04 Å². The van der Waals surface area contributed by atoms with E-state index < -0.39 is 0 Å². The number of hydrogen-bond donors (Lipinski definition) is 1. The Balaban J connectivity index is 1.83. The highest BCUT2D eigenvalue weighted by atomic mass is 35.5. The molecule has 2 atom stereocenters. The van der Waals surface area contributed by atoms with Crippen molar-refractivity contribution in [1.82, 2.24) is 10.3 Å². The molecule has 1 aliphatic carbocycles. The Morgan fingerprint density at radius 2 is 2.24 bits per heavy atom. The van der Waals surface area contributed by atoms with Gasteiger partial charge in [-0.1, -0.05) is 31.4 Å². The molecule has 1 saturated carbocycles. The molecule has 1 aliphatic rings. The van der Waals surface area contributed by atoms with Crippen molar-refractivity contribution in [2.45, 2.75) is 51.6 Å². The Morgan fingerprint density at radius 1 is 1.35 bits per heavy atom. The van der Waals surface area contributed by atoms with Crippen LogP contribution in [-0.2, 0) is 6.54 Å². The van der Waals surface area contributed by atoms with Crippen LogP contribution in [-0.4, -0.2) is 11.0 Å². The molecule has 2 unspecified atom stereocenters. The van der Waals surface area contributed by atoms with E-state index in [1.54, 1.807) is 12.4 Å². The van der Waals surface area contributed by atoms with Crippen molar-refractivity contribution in [1.29, 1.82) is 0 Å². The number of halogens is 1. The maximum absolute atomic E-state index is 6.09. The van der Waals surface area contributed by atoms with Gasteiger partial charge in [0.1, 0.15) is 0 Å². The van der Waals surface area contributed by atoms with Gasteiger partial charge in [0, 0.05) is 25.0 Å². The number of aromatic nitrogens is 1. The topological polar surface area (TPSA) is 24.9 Å². The van der Waals surface area contributed by atoms with E-state index in [1.807, 2.05) is 6.07 Å². The molecule has 17 heavy (non-hydrogen) atoms. The molecule has 94 valence electrons. The summed E-state index contributed by atoms with van der Waals surface area (Å²) in [6.07, 6.45) is 10.2. The van der Waals surface area contributed by atoms with Gasteiger partial charge in [-0.15, -0.1) is 0 Å². The fraction of sp³-hybridized carbons (Fsp3) is 0.643. The Labute approximate surface area is 109 Å². The minimum absolute atomic E-state index is 0.657. The van der Waals surface area contributed by atoms with Crippen LogP contribution in [0.4, 0.5) is 0 Å². The average molecular weight is 253 g/mol. The molecule has 1 N–H and O–H groups in total. The first-order valence-corrected chi connectivity index (χ1v) is 6.95. The van der Waals surface area contributed by atoms with Crippen molar-refractivity contribution < 1.29 is 0 Å². The van der Waals surface area contributed by atoms with Crippen LogP contribution in [0, 0.1) is 5.92 Å². The monoisotopic (exact) mass is 252 g/mol. The number of nitrogens with zero attached hydrogens (tertiary/aromatic N) is 1. The summed E-state index contributed by atoms with van der Waals surface area (Å²) in [5, 5.41) is 4.39. The fourth-order valence-corrected chi connectivity index (χ4v) is 2.68. The Bertz CT molecular complexity index is 354. The van der Waals surface area contributed by atoms with E-state index >= 15 is 0 Å². The van der Waals surface area contributed by atoms with Crippen LogP contribution in [0.2, 0.25) is 5.02 Å². The lowest BCUT2D eigenvalue weighted by Gasteiger charge is -2.16. The molecular formula is C14H21ClN2. The highest BCUT2D eigenvalue weighted by Crippen LogP contribution is 2.23. The maximum Gasteiger partial charge on any atom is 0.0634 e. The smallest absolute Gasteiger partial charge is 0.0634 e. The third kappa shape index (κ3) is 3.97. The molecule has 0 radical (unpaired) electrons. The van der Waals surface area contributed by atoms with Gasteiger partial charge in [-0.2, -0.15) is 0 Å². The summed E-state index contributed by atoms with van der Waals surface area (Å²) in [4.78, 5) is 4.00. The van der Waals surface area contributed by atoms with Crippen LogP contribution in [0.5, 0.6) is 0 Å². The van der Waals surface area contributed by atoms with E-state index in [-0.39, 0.29) is 0 Å². The standard InChI is InChI=1S/C14H21ClN2/c1-11-3-2-4-13(6-5-11)17-9-12-7-8-16-10-14(12)15/h7-8,10-11,13,17H,2-6,9H2,1H3. The minimum atomic E-state index is 0.657. The molecule has 2 nitrogen and oxygen atoms in total. The van der Waals surface area contributed by atoms with Gasteiger partial charge in [0.25, 0.3) is 0 Å². The van der Waals surface area contributed by atoms with Crippen molar-refractivity contribution in [2.24, 2.45) is 5.92 Å². The molecule has 0 saturated heterocycles. The second-order valence-corrected chi connectivity index (χ2v) is 5.57. The molecule has 1 fully saturated rings. The van der Waals surface area contributed by atoms with Gasteiger partial charge in [0.15, 0.2) is 0 Å². The molecule has 0 spiro atoms. The summed E-state index contributed by atoms with van der Waals surface area (Å²) in [6.45, 7) is 3.22. The second kappa shape index (κ2) is 6.36. The van der Waals surface area contributed by atoms with Crippen LogP contribution >= 0.6 is 11.6 Å². The first-order chi connectivity index (χ1) is 8.25. The summed E-state index contributed by atoms with van der Waals surface area (Å²) < 4.78 is 0. The SMILES string of the molecule is CC1CCCC(NCc2ccncc2Cl)CC1. The first-order valence-electron chi connectivity index (χ1n) is 6.57. The number of hydrogen-bond acceptors (Lipinski definition) is 2. The van der Waals surface area contributed by atoms with Crippen LogP contribution in [0.3, 0.4) is 0 Å².